The molecule has 10 heteroatoms. The van der Waals surface area contributed by atoms with E-state index >= 15 is 0 Å². The molecule has 0 fully saturated rings. The van der Waals surface area contributed by atoms with Gasteiger partial charge in [-0.1, -0.05) is 0 Å². The first kappa shape index (κ1) is 14.3. The summed E-state index contributed by atoms with van der Waals surface area (Å²) in [5, 5.41) is 3.76. The Morgan fingerprint density at radius 2 is 2.00 bits per heavy atom. The number of amides is 1. The van der Waals surface area contributed by atoms with Gasteiger partial charge in [0.2, 0.25) is 10.7 Å². The minimum absolute atomic E-state index is 0.0431. The molecule has 0 aliphatic heterocycles. The fourth-order valence-electron chi connectivity index (χ4n) is 1.56. The van der Waals surface area contributed by atoms with Crippen molar-refractivity contribution < 1.29 is 18.0 Å². The second-order valence-electron chi connectivity index (χ2n) is 3.74. The molecule has 0 saturated heterocycles. The molecule has 4 N–H and O–H groups in total. The molecule has 6 nitrogen and oxygen atoms in total. The average molecular weight is 350 g/mol. The molecule has 2 aromatic rings. The van der Waals surface area contributed by atoms with E-state index in [1.165, 1.54) is 0 Å². The van der Waals surface area contributed by atoms with Crippen molar-refractivity contribution in [3.63, 3.8) is 0 Å². The Bertz CT molecular complexity index is 682. The standard InChI is InChI=1S/C10H7BrF3N5O/c11-8-17-9(16)18-19(8)6-2-1-4(10(12,13)14)3-5(6)7(15)20/h1-3H,(H2,15,20)(H2,16,18). The molecular weight excluding hydrogens is 343 g/mol. The Kier molecular flexibility index (Phi) is 3.42. The zero-order valence-electron chi connectivity index (χ0n) is 9.65. The van der Waals surface area contributed by atoms with Gasteiger partial charge in [-0.05, 0) is 34.1 Å². The number of nitrogens with zero attached hydrogens (tertiary/aromatic N) is 3. The molecule has 0 bridgehead atoms. The van der Waals surface area contributed by atoms with Gasteiger partial charge in [-0.25, -0.2) is 4.68 Å². The highest BCUT2D eigenvalue weighted by atomic mass is 79.9. The smallest absolute Gasteiger partial charge is 0.366 e. The Hall–Kier alpha value is -2.10. The number of hydrogen-bond acceptors (Lipinski definition) is 4. The van der Waals surface area contributed by atoms with Crippen molar-refractivity contribution >= 4 is 27.8 Å². The van der Waals surface area contributed by atoms with Crippen LogP contribution in [0.25, 0.3) is 5.69 Å². The van der Waals surface area contributed by atoms with Crippen molar-refractivity contribution in [3.05, 3.63) is 34.1 Å². The lowest BCUT2D eigenvalue weighted by Crippen LogP contribution is -2.17. The van der Waals surface area contributed by atoms with Gasteiger partial charge in [-0.3, -0.25) is 4.79 Å². The maximum atomic E-state index is 12.6. The molecule has 0 unspecified atom stereocenters. The van der Waals surface area contributed by atoms with Crippen LogP contribution in [0.5, 0.6) is 0 Å². The van der Waals surface area contributed by atoms with Crippen LogP contribution in [-0.4, -0.2) is 20.7 Å². The maximum Gasteiger partial charge on any atom is 0.416 e. The minimum Gasteiger partial charge on any atom is -0.366 e. The highest BCUT2D eigenvalue weighted by molar-refractivity contribution is 9.10. The number of benzene rings is 1. The largest absolute Gasteiger partial charge is 0.416 e. The number of alkyl halides is 3. The molecule has 0 aliphatic rings. The van der Waals surface area contributed by atoms with Crippen LogP contribution >= 0.6 is 15.9 Å². The summed E-state index contributed by atoms with van der Waals surface area (Å²) in [5.74, 6) is -1.13. The van der Waals surface area contributed by atoms with Gasteiger partial charge in [0, 0.05) is 0 Å². The SMILES string of the molecule is NC(=O)c1cc(C(F)(F)F)ccc1-n1nc(N)nc1Br. The van der Waals surface area contributed by atoms with Crippen LogP contribution in [0.3, 0.4) is 0 Å². The van der Waals surface area contributed by atoms with Crippen molar-refractivity contribution in [1.82, 2.24) is 14.8 Å². The average Bonchev–Trinajstić information content (AvgIpc) is 2.66. The number of carbonyl (C=O) groups is 1. The van der Waals surface area contributed by atoms with Crippen LogP contribution < -0.4 is 11.5 Å². The van der Waals surface area contributed by atoms with E-state index in [2.05, 4.69) is 26.0 Å². The van der Waals surface area contributed by atoms with Gasteiger partial charge in [-0.15, -0.1) is 5.10 Å². The first-order valence-corrected chi connectivity index (χ1v) is 5.89. The highest BCUT2D eigenvalue weighted by Crippen LogP contribution is 2.31. The van der Waals surface area contributed by atoms with Crippen LogP contribution in [0.4, 0.5) is 19.1 Å². The van der Waals surface area contributed by atoms with Gasteiger partial charge >= 0.3 is 6.18 Å². The van der Waals surface area contributed by atoms with Crippen molar-refractivity contribution in [2.45, 2.75) is 6.18 Å². The number of halogens is 4. The van der Waals surface area contributed by atoms with E-state index in [0.717, 1.165) is 16.8 Å². The molecule has 0 aliphatic carbocycles. The third-order valence-electron chi connectivity index (χ3n) is 2.40. The number of rotatable bonds is 2. The molecular formula is C10H7BrF3N5O. The quantitative estimate of drug-likeness (QED) is 0.862. The predicted molar refractivity (Wildman–Crippen MR) is 67.0 cm³/mol. The van der Waals surface area contributed by atoms with Gasteiger partial charge in [0.05, 0.1) is 16.8 Å². The normalized spacial score (nSPS) is 11.6. The van der Waals surface area contributed by atoms with Gasteiger partial charge in [-0.2, -0.15) is 18.2 Å². The fraction of sp³-hybridized carbons (Fsp3) is 0.100. The van der Waals surface area contributed by atoms with Crippen molar-refractivity contribution in [3.8, 4) is 5.69 Å². The number of hydrogen-bond donors (Lipinski definition) is 2. The van der Waals surface area contributed by atoms with E-state index in [1.807, 2.05) is 0 Å². The van der Waals surface area contributed by atoms with Crippen LogP contribution in [0, 0.1) is 0 Å². The van der Waals surface area contributed by atoms with E-state index in [0.29, 0.717) is 6.07 Å². The van der Waals surface area contributed by atoms with Gasteiger partial charge in [0.15, 0.2) is 0 Å². The zero-order valence-corrected chi connectivity index (χ0v) is 11.2. The number of aromatic nitrogens is 3. The summed E-state index contributed by atoms with van der Waals surface area (Å²) in [7, 11) is 0. The summed E-state index contributed by atoms with van der Waals surface area (Å²) in [6.07, 6.45) is -4.58. The molecule has 20 heavy (non-hydrogen) atoms. The minimum atomic E-state index is -4.58. The molecule has 2 rings (SSSR count). The number of nitrogen functional groups attached to an aromatic ring is 1. The van der Waals surface area contributed by atoms with Gasteiger partial charge in [0.25, 0.3) is 5.91 Å². The molecule has 0 atom stereocenters. The van der Waals surface area contributed by atoms with E-state index in [-0.39, 0.29) is 21.9 Å². The van der Waals surface area contributed by atoms with Crippen LogP contribution in [-0.2, 0) is 6.18 Å². The monoisotopic (exact) mass is 349 g/mol. The highest BCUT2D eigenvalue weighted by Gasteiger charge is 2.32. The lowest BCUT2D eigenvalue weighted by atomic mass is 10.1. The van der Waals surface area contributed by atoms with Crippen LogP contribution in [0.2, 0.25) is 0 Å². The van der Waals surface area contributed by atoms with Crippen LogP contribution in [0.1, 0.15) is 15.9 Å². The third kappa shape index (κ3) is 2.59. The Balaban J connectivity index is 2.65. The molecule has 1 amide bonds. The zero-order chi connectivity index (χ0) is 15.1. The predicted octanol–water partition coefficient (Wildman–Crippen LogP) is 1.73. The Labute approximate surface area is 118 Å². The van der Waals surface area contributed by atoms with Crippen molar-refractivity contribution in [2.24, 2.45) is 5.73 Å². The molecule has 106 valence electrons. The molecule has 0 saturated carbocycles. The van der Waals surface area contributed by atoms with Crippen molar-refractivity contribution in [2.75, 3.05) is 5.73 Å². The van der Waals surface area contributed by atoms with Crippen molar-refractivity contribution in [1.29, 1.82) is 0 Å². The summed E-state index contributed by atoms with van der Waals surface area (Å²) < 4.78 is 39.1. The molecule has 0 spiro atoms. The third-order valence-corrected chi connectivity index (χ3v) is 2.91. The summed E-state index contributed by atoms with van der Waals surface area (Å²) in [6, 6.07) is 2.54. The second kappa shape index (κ2) is 4.78. The van der Waals surface area contributed by atoms with Crippen LogP contribution in [0.15, 0.2) is 22.9 Å². The number of carbonyl (C=O) groups excluding carboxylic acids is 1. The first-order chi connectivity index (χ1) is 9.20. The summed E-state index contributed by atoms with van der Waals surface area (Å²) in [5.41, 5.74) is 9.19. The Morgan fingerprint density at radius 3 is 2.45 bits per heavy atom. The topological polar surface area (TPSA) is 99.8 Å². The molecule has 0 radical (unpaired) electrons. The lowest BCUT2D eigenvalue weighted by molar-refractivity contribution is -0.137. The summed E-state index contributed by atoms with van der Waals surface area (Å²) in [4.78, 5) is 15.1. The lowest BCUT2D eigenvalue weighted by Gasteiger charge is -2.11. The molecule has 1 aromatic carbocycles. The van der Waals surface area contributed by atoms with E-state index in [9.17, 15) is 18.0 Å². The first-order valence-electron chi connectivity index (χ1n) is 5.09. The molecule has 1 heterocycles. The Morgan fingerprint density at radius 1 is 1.35 bits per heavy atom. The number of nitrogens with two attached hydrogens (primary N) is 2. The summed E-state index contributed by atoms with van der Waals surface area (Å²) in [6.45, 7) is 0. The van der Waals surface area contributed by atoms with E-state index in [4.69, 9.17) is 11.5 Å². The van der Waals surface area contributed by atoms with E-state index in [1.54, 1.807) is 0 Å². The van der Waals surface area contributed by atoms with Gasteiger partial charge < -0.3 is 11.5 Å². The van der Waals surface area contributed by atoms with E-state index < -0.39 is 17.6 Å². The number of anilines is 1. The summed E-state index contributed by atoms with van der Waals surface area (Å²) >= 11 is 3.03. The fourth-order valence-corrected chi connectivity index (χ4v) is 2.01. The van der Waals surface area contributed by atoms with Gasteiger partial charge in [0.1, 0.15) is 0 Å². The molecule has 1 aromatic heterocycles. The maximum absolute atomic E-state index is 12.6. The second-order valence-corrected chi connectivity index (χ2v) is 4.45. The number of primary amides is 1.